The molecule has 1 aromatic rings. The maximum atomic E-state index is 13.1. The molecule has 0 saturated heterocycles. The van der Waals surface area contributed by atoms with Gasteiger partial charge in [0, 0.05) is 18.6 Å². The van der Waals surface area contributed by atoms with Gasteiger partial charge in [0.25, 0.3) is 0 Å². The molecule has 0 aromatic heterocycles. The molecular formula is C16H24ClFN2O2. The summed E-state index contributed by atoms with van der Waals surface area (Å²) in [6.07, 6.45) is -0.452. The van der Waals surface area contributed by atoms with Gasteiger partial charge in [0.2, 0.25) is 0 Å². The van der Waals surface area contributed by atoms with Gasteiger partial charge >= 0.3 is 6.09 Å². The van der Waals surface area contributed by atoms with Crippen LogP contribution in [0.25, 0.3) is 0 Å². The molecule has 0 fully saturated rings. The molecule has 0 atom stereocenters. The van der Waals surface area contributed by atoms with Crippen molar-refractivity contribution in [2.24, 2.45) is 0 Å². The van der Waals surface area contributed by atoms with Gasteiger partial charge in [0.05, 0.1) is 5.02 Å². The van der Waals surface area contributed by atoms with Crippen LogP contribution in [-0.4, -0.2) is 23.8 Å². The predicted octanol–water partition coefficient (Wildman–Crippen LogP) is 3.87. The fourth-order valence-electron chi connectivity index (χ4n) is 1.66. The van der Waals surface area contributed by atoms with Gasteiger partial charge in [-0.05, 0) is 52.3 Å². The Labute approximate surface area is 136 Å². The van der Waals surface area contributed by atoms with Crippen LogP contribution in [0.2, 0.25) is 5.02 Å². The number of carbonyl (C=O) groups is 1. The van der Waals surface area contributed by atoms with E-state index in [4.69, 9.17) is 16.3 Å². The standard InChI is InChI=1S/C16H24ClFN2O2/c1-15(2,3)22-14(21)19-10-16(4,5)20-9-11-6-7-13(18)12(17)8-11/h6-8,20H,9-10H2,1-5H3,(H,19,21). The van der Waals surface area contributed by atoms with Crippen LogP contribution in [0.5, 0.6) is 0 Å². The number of hydrogen-bond acceptors (Lipinski definition) is 3. The second kappa shape index (κ2) is 7.29. The average molecular weight is 331 g/mol. The fraction of sp³-hybridized carbons (Fsp3) is 0.562. The van der Waals surface area contributed by atoms with E-state index >= 15 is 0 Å². The minimum atomic E-state index is -0.521. The first-order valence-electron chi connectivity index (χ1n) is 7.14. The number of rotatable bonds is 5. The zero-order valence-corrected chi connectivity index (χ0v) is 14.5. The molecule has 6 heteroatoms. The van der Waals surface area contributed by atoms with Crippen molar-refractivity contribution in [3.8, 4) is 0 Å². The van der Waals surface area contributed by atoms with Crippen molar-refractivity contribution in [1.29, 1.82) is 0 Å². The fourth-order valence-corrected chi connectivity index (χ4v) is 1.86. The zero-order valence-electron chi connectivity index (χ0n) is 13.7. The summed E-state index contributed by atoms with van der Waals surface area (Å²) in [5.41, 5.74) is 0.00123. The first kappa shape index (κ1) is 18.7. The van der Waals surface area contributed by atoms with E-state index in [9.17, 15) is 9.18 Å². The number of halogens is 2. The summed E-state index contributed by atoms with van der Waals surface area (Å²) in [5, 5.41) is 6.12. The number of benzene rings is 1. The predicted molar refractivity (Wildman–Crippen MR) is 86.6 cm³/mol. The lowest BCUT2D eigenvalue weighted by atomic mass is 10.1. The summed E-state index contributed by atoms with van der Waals surface area (Å²) in [7, 11) is 0. The van der Waals surface area contributed by atoms with Crippen LogP contribution in [0.3, 0.4) is 0 Å². The van der Waals surface area contributed by atoms with Crippen LogP contribution in [0.1, 0.15) is 40.2 Å². The summed E-state index contributed by atoms with van der Waals surface area (Å²) in [6, 6.07) is 4.60. The first-order valence-corrected chi connectivity index (χ1v) is 7.52. The van der Waals surface area contributed by atoms with E-state index in [1.54, 1.807) is 12.1 Å². The molecule has 1 aromatic carbocycles. The van der Waals surface area contributed by atoms with Crippen LogP contribution in [0, 0.1) is 5.82 Å². The molecule has 0 unspecified atom stereocenters. The maximum Gasteiger partial charge on any atom is 0.407 e. The monoisotopic (exact) mass is 330 g/mol. The Bertz CT molecular complexity index is 527. The molecule has 4 nitrogen and oxygen atoms in total. The van der Waals surface area contributed by atoms with Crippen molar-refractivity contribution in [2.45, 2.75) is 52.3 Å². The lowest BCUT2D eigenvalue weighted by molar-refractivity contribution is 0.0513. The Morgan fingerprint density at radius 1 is 1.27 bits per heavy atom. The van der Waals surface area contributed by atoms with Gasteiger partial charge in [-0.25, -0.2) is 9.18 Å². The molecule has 0 spiro atoms. The van der Waals surface area contributed by atoms with Gasteiger partial charge in [-0.15, -0.1) is 0 Å². The Balaban J connectivity index is 2.46. The second-order valence-corrected chi connectivity index (χ2v) is 7.25. The Morgan fingerprint density at radius 2 is 1.91 bits per heavy atom. The van der Waals surface area contributed by atoms with Gasteiger partial charge in [0.1, 0.15) is 11.4 Å². The summed E-state index contributed by atoms with van der Waals surface area (Å²) in [5.74, 6) is -0.434. The Morgan fingerprint density at radius 3 is 2.45 bits per heavy atom. The van der Waals surface area contributed by atoms with Crippen LogP contribution >= 0.6 is 11.6 Å². The van der Waals surface area contributed by atoms with E-state index in [1.165, 1.54) is 6.07 Å². The highest BCUT2D eigenvalue weighted by molar-refractivity contribution is 6.30. The molecule has 1 amide bonds. The molecule has 0 radical (unpaired) electrons. The SMILES string of the molecule is CC(C)(CNC(=O)OC(C)(C)C)NCc1ccc(F)c(Cl)c1. The number of alkyl carbamates (subject to hydrolysis) is 1. The largest absolute Gasteiger partial charge is 0.444 e. The normalized spacial score (nSPS) is 12.1. The number of ether oxygens (including phenoxy) is 1. The second-order valence-electron chi connectivity index (χ2n) is 6.84. The molecule has 2 N–H and O–H groups in total. The number of carbonyl (C=O) groups excluding carboxylic acids is 1. The van der Waals surface area contributed by atoms with Gasteiger partial charge in [0.15, 0.2) is 0 Å². The molecule has 0 aliphatic heterocycles. The van der Waals surface area contributed by atoms with E-state index < -0.39 is 17.5 Å². The molecule has 0 aliphatic rings. The molecule has 124 valence electrons. The first-order chi connectivity index (χ1) is 9.98. The minimum Gasteiger partial charge on any atom is -0.444 e. The molecule has 1 rings (SSSR count). The van der Waals surface area contributed by atoms with Crippen molar-refractivity contribution >= 4 is 17.7 Å². The molecular weight excluding hydrogens is 307 g/mol. The lowest BCUT2D eigenvalue weighted by Crippen LogP contribution is -2.49. The highest BCUT2D eigenvalue weighted by atomic mass is 35.5. The Hall–Kier alpha value is -1.33. The van der Waals surface area contributed by atoms with Crippen LogP contribution in [-0.2, 0) is 11.3 Å². The van der Waals surface area contributed by atoms with Crippen molar-refractivity contribution in [1.82, 2.24) is 10.6 Å². The molecule has 0 saturated carbocycles. The molecule has 0 heterocycles. The van der Waals surface area contributed by atoms with Crippen molar-refractivity contribution < 1.29 is 13.9 Å². The van der Waals surface area contributed by atoms with Crippen LogP contribution in [0.4, 0.5) is 9.18 Å². The number of nitrogens with one attached hydrogen (secondary N) is 2. The van der Waals surface area contributed by atoms with Crippen LogP contribution < -0.4 is 10.6 Å². The van der Waals surface area contributed by atoms with Gasteiger partial charge in [-0.2, -0.15) is 0 Å². The third-order valence-electron chi connectivity index (χ3n) is 2.83. The zero-order chi connectivity index (χ0) is 17.0. The third-order valence-corrected chi connectivity index (χ3v) is 3.12. The number of amides is 1. The van der Waals surface area contributed by atoms with Gasteiger partial charge in [-0.3, -0.25) is 0 Å². The van der Waals surface area contributed by atoms with Gasteiger partial charge in [-0.1, -0.05) is 17.7 Å². The minimum absolute atomic E-state index is 0.101. The van der Waals surface area contributed by atoms with E-state index in [1.807, 2.05) is 34.6 Å². The highest BCUT2D eigenvalue weighted by Gasteiger charge is 2.21. The molecule has 0 bridgehead atoms. The molecule has 22 heavy (non-hydrogen) atoms. The van der Waals surface area contributed by atoms with E-state index in [2.05, 4.69) is 10.6 Å². The third kappa shape index (κ3) is 7.09. The Kier molecular flexibility index (Phi) is 6.20. The van der Waals surface area contributed by atoms with Crippen molar-refractivity contribution in [3.63, 3.8) is 0 Å². The quantitative estimate of drug-likeness (QED) is 0.861. The maximum absolute atomic E-state index is 13.1. The summed E-state index contributed by atoms with van der Waals surface area (Å²) >= 11 is 5.75. The van der Waals surface area contributed by atoms with Gasteiger partial charge < -0.3 is 15.4 Å². The van der Waals surface area contributed by atoms with Crippen LogP contribution in [0.15, 0.2) is 18.2 Å². The van der Waals surface area contributed by atoms with E-state index in [-0.39, 0.29) is 10.6 Å². The topological polar surface area (TPSA) is 50.4 Å². The highest BCUT2D eigenvalue weighted by Crippen LogP contribution is 2.16. The smallest absolute Gasteiger partial charge is 0.407 e. The van der Waals surface area contributed by atoms with E-state index in [0.29, 0.717) is 13.1 Å². The summed E-state index contributed by atoms with van der Waals surface area (Å²) < 4.78 is 18.3. The summed E-state index contributed by atoms with van der Waals surface area (Å²) in [4.78, 5) is 11.6. The van der Waals surface area contributed by atoms with Crippen molar-refractivity contribution in [2.75, 3.05) is 6.54 Å². The van der Waals surface area contributed by atoms with E-state index in [0.717, 1.165) is 5.56 Å². The lowest BCUT2D eigenvalue weighted by Gasteiger charge is -2.28. The van der Waals surface area contributed by atoms with Crippen molar-refractivity contribution in [3.05, 3.63) is 34.6 Å². The molecule has 0 aliphatic carbocycles. The summed E-state index contributed by atoms with van der Waals surface area (Å²) in [6.45, 7) is 10.3. The number of hydrogen-bond donors (Lipinski definition) is 2. The average Bonchev–Trinajstić information content (AvgIpc) is 2.36.